The van der Waals surface area contributed by atoms with Crippen LogP contribution in [0.25, 0.3) is 0 Å². The SMILES string of the molecule is CCCCOCN(C(=O)[C@@H](NC(=O)CNC)C(C)CC)[C@H](C[C@@H](OC(C)=O)C1NC(C(=O)N[C@@H](Cc2ccc(O)cc2)C[C@H](C)C(=O)NNO)=CS1)C(C)C. The van der Waals surface area contributed by atoms with Gasteiger partial charge in [0.1, 0.15) is 35.7 Å². The molecule has 7 atom stereocenters. The van der Waals surface area contributed by atoms with E-state index in [9.17, 15) is 29.1 Å². The minimum Gasteiger partial charge on any atom is -0.508 e. The number of esters is 1. The lowest BCUT2D eigenvalue weighted by Crippen LogP contribution is -2.57. The van der Waals surface area contributed by atoms with E-state index in [0.29, 0.717) is 19.4 Å². The number of ether oxygens (including phenoxy) is 2. The zero-order valence-electron chi connectivity index (χ0n) is 33.5. The summed E-state index contributed by atoms with van der Waals surface area (Å²) < 4.78 is 11.9. The summed E-state index contributed by atoms with van der Waals surface area (Å²) in [4.78, 5) is 67.4. The number of benzene rings is 1. The van der Waals surface area contributed by atoms with E-state index < -0.39 is 53.3 Å². The maximum Gasteiger partial charge on any atom is 0.303 e. The van der Waals surface area contributed by atoms with Crippen LogP contribution < -0.4 is 32.3 Å². The van der Waals surface area contributed by atoms with Crippen molar-refractivity contribution in [2.45, 2.75) is 117 Å². The first-order chi connectivity index (χ1) is 26.1. The summed E-state index contributed by atoms with van der Waals surface area (Å²) in [5, 5.41) is 31.7. The summed E-state index contributed by atoms with van der Waals surface area (Å²) in [7, 11) is 1.66. The van der Waals surface area contributed by atoms with Crippen LogP contribution >= 0.6 is 11.8 Å². The van der Waals surface area contributed by atoms with Crippen molar-refractivity contribution < 1.29 is 43.8 Å². The van der Waals surface area contributed by atoms with E-state index in [1.807, 2.05) is 34.6 Å². The summed E-state index contributed by atoms with van der Waals surface area (Å²) in [6.45, 7) is 13.3. The Morgan fingerprint density at radius 2 is 1.71 bits per heavy atom. The van der Waals surface area contributed by atoms with E-state index in [-0.39, 0.29) is 61.2 Å². The van der Waals surface area contributed by atoms with Crippen molar-refractivity contribution in [3.8, 4) is 5.75 Å². The van der Waals surface area contributed by atoms with Gasteiger partial charge in [0.25, 0.3) is 5.91 Å². The molecular weight excluding hydrogens is 731 g/mol. The molecule has 0 saturated heterocycles. The summed E-state index contributed by atoms with van der Waals surface area (Å²) in [6.07, 6.45) is 2.36. The minimum absolute atomic E-state index is 0.0202. The number of phenolic OH excluding ortho intramolecular Hbond substituents is 1. The molecule has 0 aromatic heterocycles. The topological polar surface area (TPSA) is 220 Å². The highest BCUT2D eigenvalue weighted by atomic mass is 32.2. The molecule has 2 unspecified atom stereocenters. The second kappa shape index (κ2) is 24.6. The molecular formula is C38H63N7O9S. The Morgan fingerprint density at radius 3 is 2.29 bits per heavy atom. The molecule has 55 heavy (non-hydrogen) atoms. The Labute approximate surface area is 329 Å². The number of hydrazine groups is 1. The van der Waals surface area contributed by atoms with Gasteiger partial charge in [-0.15, -0.1) is 17.4 Å². The number of carbonyl (C=O) groups excluding carboxylic acids is 5. The van der Waals surface area contributed by atoms with Crippen molar-refractivity contribution in [3.05, 3.63) is 40.9 Å². The predicted octanol–water partition coefficient (Wildman–Crippen LogP) is 2.66. The molecule has 1 aliphatic rings. The number of hydrogen-bond donors (Lipinski definition) is 8. The van der Waals surface area contributed by atoms with Gasteiger partial charge in [-0.3, -0.25) is 34.6 Å². The molecule has 0 fully saturated rings. The monoisotopic (exact) mass is 793 g/mol. The number of aromatic hydroxyl groups is 1. The largest absolute Gasteiger partial charge is 0.508 e. The molecule has 4 amide bonds. The number of hydrogen-bond acceptors (Lipinski definition) is 13. The van der Waals surface area contributed by atoms with Crippen LogP contribution in [0, 0.1) is 17.8 Å². The molecule has 17 heteroatoms. The van der Waals surface area contributed by atoms with Crippen LogP contribution in [-0.2, 0) is 39.9 Å². The lowest BCUT2D eigenvalue weighted by atomic mass is 9.92. The third-order valence-electron chi connectivity index (χ3n) is 9.48. The summed E-state index contributed by atoms with van der Waals surface area (Å²) in [5.74, 6) is -2.83. The summed E-state index contributed by atoms with van der Waals surface area (Å²) in [6, 6.07) is 4.73. The summed E-state index contributed by atoms with van der Waals surface area (Å²) >= 11 is 1.28. The van der Waals surface area contributed by atoms with E-state index in [1.54, 1.807) is 54.1 Å². The molecule has 310 valence electrons. The lowest BCUT2D eigenvalue weighted by Gasteiger charge is -2.40. The lowest BCUT2D eigenvalue weighted by molar-refractivity contribution is -0.152. The van der Waals surface area contributed by atoms with Crippen LogP contribution in [0.4, 0.5) is 0 Å². The summed E-state index contributed by atoms with van der Waals surface area (Å²) in [5.41, 5.74) is 4.85. The van der Waals surface area contributed by atoms with Gasteiger partial charge in [-0.25, -0.2) is 0 Å². The molecule has 1 aromatic rings. The number of likely N-dealkylation sites (N-methyl/N-ethyl adjacent to an activating group) is 1. The highest BCUT2D eigenvalue weighted by molar-refractivity contribution is 8.03. The molecule has 0 saturated carbocycles. The van der Waals surface area contributed by atoms with Crippen molar-refractivity contribution >= 4 is 41.4 Å². The number of rotatable bonds is 25. The first-order valence-corrected chi connectivity index (χ1v) is 20.0. The maximum absolute atomic E-state index is 14.4. The molecule has 1 aromatic carbocycles. The van der Waals surface area contributed by atoms with E-state index in [0.717, 1.165) is 18.4 Å². The van der Waals surface area contributed by atoms with E-state index in [1.165, 1.54) is 18.7 Å². The van der Waals surface area contributed by atoms with Gasteiger partial charge in [0.15, 0.2) is 0 Å². The third kappa shape index (κ3) is 16.0. The Hall–Kier alpha value is -3.90. The van der Waals surface area contributed by atoms with Crippen LogP contribution in [-0.4, -0.2) is 101 Å². The molecule has 0 radical (unpaired) electrons. The van der Waals surface area contributed by atoms with Gasteiger partial charge in [0.05, 0.1) is 6.54 Å². The average molecular weight is 794 g/mol. The second-order valence-electron chi connectivity index (χ2n) is 14.4. The maximum atomic E-state index is 14.4. The van der Waals surface area contributed by atoms with Gasteiger partial charge in [-0.1, -0.05) is 66.5 Å². The number of unbranched alkanes of at least 4 members (excludes halogenated alkanes) is 1. The van der Waals surface area contributed by atoms with E-state index in [4.69, 9.17) is 14.7 Å². The molecule has 2 rings (SSSR count). The highest BCUT2D eigenvalue weighted by Crippen LogP contribution is 2.31. The second-order valence-corrected chi connectivity index (χ2v) is 15.4. The van der Waals surface area contributed by atoms with Crippen LogP contribution in [0.3, 0.4) is 0 Å². The zero-order chi connectivity index (χ0) is 41.1. The first-order valence-electron chi connectivity index (χ1n) is 19.0. The smallest absolute Gasteiger partial charge is 0.303 e. The van der Waals surface area contributed by atoms with Crippen LogP contribution in [0.2, 0.25) is 0 Å². The van der Waals surface area contributed by atoms with E-state index >= 15 is 0 Å². The van der Waals surface area contributed by atoms with Crippen molar-refractivity contribution in [2.24, 2.45) is 17.8 Å². The Balaban J connectivity index is 2.35. The Kier molecular flexibility index (Phi) is 21.1. The molecule has 0 spiro atoms. The van der Waals surface area contributed by atoms with Gasteiger partial charge in [0.2, 0.25) is 17.7 Å². The molecule has 0 bridgehead atoms. The fraction of sp³-hybridized carbons (Fsp3) is 0.658. The van der Waals surface area contributed by atoms with Gasteiger partial charge < -0.3 is 40.7 Å². The molecule has 8 N–H and O–H groups in total. The van der Waals surface area contributed by atoms with Crippen molar-refractivity contribution in [2.75, 3.05) is 26.9 Å². The van der Waals surface area contributed by atoms with Crippen LogP contribution in [0.1, 0.15) is 86.1 Å². The van der Waals surface area contributed by atoms with Crippen molar-refractivity contribution in [1.29, 1.82) is 0 Å². The zero-order valence-corrected chi connectivity index (χ0v) is 34.3. The highest BCUT2D eigenvalue weighted by Gasteiger charge is 2.40. The number of nitrogens with one attached hydrogen (secondary N) is 6. The molecule has 16 nitrogen and oxygen atoms in total. The normalized spacial score (nSPS) is 17.1. The van der Waals surface area contributed by atoms with Crippen molar-refractivity contribution in [3.63, 3.8) is 0 Å². The number of phenols is 1. The first kappa shape index (κ1) is 47.3. The third-order valence-corrected chi connectivity index (χ3v) is 10.6. The predicted molar refractivity (Wildman–Crippen MR) is 210 cm³/mol. The fourth-order valence-corrected chi connectivity index (χ4v) is 7.16. The number of amides is 4. The number of carbonyl (C=O) groups is 5. The molecule has 1 heterocycles. The molecule has 1 aliphatic heterocycles. The minimum atomic E-state index is -0.812. The van der Waals surface area contributed by atoms with Crippen LogP contribution in [0.15, 0.2) is 35.4 Å². The number of thioether (sulfide) groups is 1. The van der Waals surface area contributed by atoms with Gasteiger partial charge in [-0.2, -0.15) is 0 Å². The van der Waals surface area contributed by atoms with Gasteiger partial charge >= 0.3 is 5.97 Å². The average Bonchev–Trinajstić information content (AvgIpc) is 3.64. The number of nitrogens with zero attached hydrogens (tertiary/aromatic N) is 1. The van der Waals surface area contributed by atoms with Crippen LogP contribution in [0.5, 0.6) is 5.75 Å². The van der Waals surface area contributed by atoms with Crippen molar-refractivity contribution in [1.82, 2.24) is 37.2 Å². The Bertz CT molecular complexity index is 1410. The molecule has 0 aliphatic carbocycles. The van der Waals surface area contributed by atoms with Gasteiger partial charge in [0, 0.05) is 43.4 Å². The quantitative estimate of drug-likeness (QED) is 0.0310. The van der Waals surface area contributed by atoms with E-state index in [2.05, 4.69) is 26.7 Å². The fourth-order valence-electron chi connectivity index (χ4n) is 6.17. The standard InChI is InChI=1S/C38H63N7O9S/c1-9-11-16-53-22-45(38(51)34(24(5)10-2)42-33(48)20-39-8)31(23(3)4)19-32(54-26(7)46)37-41-30(21-55-37)36(50)40-28(17-25(6)35(49)43-44-52)18-27-12-14-29(47)15-13-27/h12-15,21,23-25,28,31-32,34,37,39,41,44,47,52H,9-11,16-20,22H2,1-8H3,(H,40,50)(H,42,48)(H,43,49)/t24?,25-,28+,31+,32+,34-,37?/m0/s1. The van der Waals surface area contributed by atoms with Gasteiger partial charge in [-0.05, 0) is 55.8 Å². The Morgan fingerprint density at radius 1 is 1.02 bits per heavy atom.